The van der Waals surface area contributed by atoms with Crippen LogP contribution in [0.1, 0.15) is 11.1 Å². The summed E-state index contributed by atoms with van der Waals surface area (Å²) in [7, 11) is 5.00. The summed E-state index contributed by atoms with van der Waals surface area (Å²) in [6.45, 7) is 2.92. The van der Waals surface area contributed by atoms with Crippen LogP contribution in [0, 0.1) is 6.92 Å². The fourth-order valence-corrected chi connectivity index (χ4v) is 3.19. The van der Waals surface area contributed by atoms with Crippen molar-refractivity contribution in [3.63, 3.8) is 0 Å². The zero-order chi connectivity index (χ0) is 19.2. The highest BCUT2D eigenvalue weighted by Gasteiger charge is 2.08. The minimum atomic E-state index is 0. The van der Waals surface area contributed by atoms with E-state index in [1.165, 1.54) is 22.0 Å². The fraction of sp³-hybridized carbons (Fsp3) is 0.286. The van der Waals surface area contributed by atoms with E-state index in [9.17, 15) is 0 Å². The molecule has 0 amide bonds. The number of hydrogen-bond acceptors (Lipinski definition) is 3. The van der Waals surface area contributed by atoms with Gasteiger partial charge in [-0.25, -0.2) is 0 Å². The molecule has 0 spiro atoms. The van der Waals surface area contributed by atoms with Crippen molar-refractivity contribution < 1.29 is 9.47 Å². The number of aryl methyl sites for hydroxylation is 1. The summed E-state index contributed by atoms with van der Waals surface area (Å²) in [5.41, 5.74) is 4.65. The van der Waals surface area contributed by atoms with Gasteiger partial charge in [-0.15, -0.1) is 24.0 Å². The summed E-state index contributed by atoms with van der Waals surface area (Å²) < 4.78 is 10.6. The van der Waals surface area contributed by atoms with Crippen molar-refractivity contribution in [1.82, 2.24) is 10.3 Å². The Kier molecular flexibility index (Phi) is 7.98. The third-order valence-corrected chi connectivity index (χ3v) is 4.55. The second kappa shape index (κ2) is 10.2. The first-order valence-corrected chi connectivity index (χ1v) is 8.91. The molecule has 0 saturated carbocycles. The lowest BCUT2D eigenvalue weighted by Gasteiger charge is -2.14. The predicted octanol–water partition coefficient (Wildman–Crippen LogP) is 4.34. The molecule has 7 heteroatoms. The molecule has 3 aromatic rings. The number of aliphatic imine (C=N–C) groups is 1. The molecule has 0 fully saturated rings. The van der Waals surface area contributed by atoms with E-state index in [1.807, 2.05) is 18.2 Å². The van der Waals surface area contributed by atoms with Gasteiger partial charge in [-0.2, -0.15) is 0 Å². The lowest BCUT2D eigenvalue weighted by atomic mass is 10.1. The average molecular weight is 494 g/mol. The maximum atomic E-state index is 5.35. The minimum absolute atomic E-state index is 0. The highest BCUT2D eigenvalue weighted by molar-refractivity contribution is 14.0. The van der Waals surface area contributed by atoms with Crippen molar-refractivity contribution in [3.05, 3.63) is 53.7 Å². The van der Waals surface area contributed by atoms with Crippen LogP contribution in [0.15, 0.2) is 47.6 Å². The van der Waals surface area contributed by atoms with E-state index in [1.54, 1.807) is 21.3 Å². The molecule has 28 heavy (non-hydrogen) atoms. The number of methoxy groups -OCH3 is 2. The van der Waals surface area contributed by atoms with E-state index in [0.29, 0.717) is 17.5 Å². The summed E-state index contributed by atoms with van der Waals surface area (Å²) >= 11 is 0. The molecule has 3 rings (SSSR count). The van der Waals surface area contributed by atoms with Gasteiger partial charge in [0.2, 0.25) is 0 Å². The molecule has 6 nitrogen and oxygen atoms in total. The maximum Gasteiger partial charge on any atom is 0.195 e. The zero-order valence-corrected chi connectivity index (χ0v) is 19.0. The van der Waals surface area contributed by atoms with E-state index < -0.39 is 0 Å². The summed E-state index contributed by atoms with van der Waals surface area (Å²) in [6, 6.07) is 12.0. The largest absolute Gasteiger partial charge is 0.493 e. The summed E-state index contributed by atoms with van der Waals surface area (Å²) in [5, 5.41) is 7.95. The Hall–Kier alpha value is -2.42. The van der Waals surface area contributed by atoms with Crippen LogP contribution in [-0.2, 0) is 6.42 Å². The third kappa shape index (κ3) is 4.89. The smallest absolute Gasteiger partial charge is 0.195 e. The van der Waals surface area contributed by atoms with Gasteiger partial charge in [-0.1, -0.05) is 12.1 Å². The molecule has 2 aromatic carbocycles. The molecule has 0 radical (unpaired) electrons. The molecule has 150 valence electrons. The van der Waals surface area contributed by atoms with Crippen molar-refractivity contribution >= 4 is 46.5 Å². The van der Waals surface area contributed by atoms with Crippen LogP contribution in [0.25, 0.3) is 10.9 Å². The monoisotopic (exact) mass is 494 g/mol. The lowest BCUT2D eigenvalue weighted by molar-refractivity contribution is 0.355. The van der Waals surface area contributed by atoms with Crippen molar-refractivity contribution in [1.29, 1.82) is 0 Å². The number of guanidine groups is 1. The Morgan fingerprint density at radius 3 is 2.61 bits per heavy atom. The van der Waals surface area contributed by atoms with Gasteiger partial charge in [0.25, 0.3) is 0 Å². The van der Waals surface area contributed by atoms with Gasteiger partial charge >= 0.3 is 0 Å². The number of aromatic nitrogens is 1. The number of benzene rings is 2. The molecule has 1 heterocycles. The van der Waals surface area contributed by atoms with Gasteiger partial charge < -0.3 is 25.1 Å². The second-order valence-electron chi connectivity index (χ2n) is 6.26. The van der Waals surface area contributed by atoms with Crippen molar-refractivity contribution in [2.24, 2.45) is 4.99 Å². The van der Waals surface area contributed by atoms with Gasteiger partial charge in [-0.05, 0) is 42.7 Å². The molecule has 0 aliphatic heterocycles. The Morgan fingerprint density at radius 1 is 1.11 bits per heavy atom. The summed E-state index contributed by atoms with van der Waals surface area (Å²) in [5.74, 6) is 2.08. The number of rotatable bonds is 6. The SMILES string of the molecule is CN=C(NCCc1c[nH]c2cccc(C)c12)Nc1ccc(OC)c(OC)c1.I. The fourth-order valence-electron chi connectivity index (χ4n) is 3.19. The number of fused-ring (bicyclic) bond motifs is 1. The Balaban J connectivity index is 0.00000280. The quantitative estimate of drug-likeness (QED) is 0.271. The van der Waals surface area contributed by atoms with E-state index in [-0.39, 0.29) is 24.0 Å². The first-order chi connectivity index (χ1) is 13.2. The number of H-pyrrole nitrogens is 1. The number of anilines is 1. The molecule has 0 aliphatic carbocycles. The van der Waals surface area contributed by atoms with Crippen LogP contribution in [-0.4, -0.2) is 38.8 Å². The van der Waals surface area contributed by atoms with Crippen LogP contribution >= 0.6 is 24.0 Å². The van der Waals surface area contributed by atoms with Crippen molar-refractivity contribution in [3.8, 4) is 11.5 Å². The van der Waals surface area contributed by atoms with Crippen LogP contribution in [0.5, 0.6) is 11.5 Å². The van der Waals surface area contributed by atoms with E-state index in [2.05, 4.69) is 51.9 Å². The number of hydrogen-bond donors (Lipinski definition) is 3. The van der Waals surface area contributed by atoms with Crippen LogP contribution < -0.4 is 20.1 Å². The summed E-state index contributed by atoms with van der Waals surface area (Å²) in [4.78, 5) is 7.64. The van der Waals surface area contributed by atoms with E-state index >= 15 is 0 Å². The standard InChI is InChI=1S/C21H26N4O2.HI/c1-14-6-5-7-17-20(14)15(13-24-17)10-11-23-21(22-2)25-16-8-9-18(26-3)19(12-16)27-4;/h5-9,12-13,24H,10-11H2,1-4H3,(H2,22,23,25);1H. The molecule has 0 saturated heterocycles. The summed E-state index contributed by atoms with van der Waals surface area (Å²) in [6.07, 6.45) is 2.99. The van der Waals surface area contributed by atoms with Gasteiger partial charge in [0.1, 0.15) is 0 Å². The minimum Gasteiger partial charge on any atom is -0.493 e. The lowest BCUT2D eigenvalue weighted by Crippen LogP contribution is -2.32. The normalized spacial score (nSPS) is 11.1. The number of nitrogens with one attached hydrogen (secondary N) is 3. The van der Waals surface area contributed by atoms with Crippen molar-refractivity contribution in [2.75, 3.05) is 33.1 Å². The highest BCUT2D eigenvalue weighted by atomic mass is 127. The maximum absolute atomic E-state index is 5.35. The first-order valence-electron chi connectivity index (χ1n) is 8.91. The molecule has 1 aromatic heterocycles. The number of ether oxygens (including phenoxy) is 2. The Labute approximate surface area is 182 Å². The van der Waals surface area contributed by atoms with Crippen molar-refractivity contribution in [2.45, 2.75) is 13.3 Å². The third-order valence-electron chi connectivity index (χ3n) is 4.55. The zero-order valence-electron chi connectivity index (χ0n) is 16.6. The average Bonchev–Trinajstić information content (AvgIpc) is 3.11. The van der Waals surface area contributed by atoms with Gasteiger partial charge in [-0.3, -0.25) is 4.99 Å². The Morgan fingerprint density at radius 2 is 1.89 bits per heavy atom. The van der Waals surface area contributed by atoms with Crippen LogP contribution in [0.4, 0.5) is 5.69 Å². The molecular weight excluding hydrogens is 467 g/mol. The topological polar surface area (TPSA) is 70.7 Å². The molecule has 3 N–H and O–H groups in total. The highest BCUT2D eigenvalue weighted by Crippen LogP contribution is 2.29. The number of aromatic amines is 1. The van der Waals surface area contributed by atoms with Gasteiger partial charge in [0.05, 0.1) is 14.2 Å². The Bertz CT molecular complexity index is 953. The van der Waals surface area contributed by atoms with Crippen LogP contribution in [0.3, 0.4) is 0 Å². The number of halogens is 1. The predicted molar refractivity (Wildman–Crippen MR) is 127 cm³/mol. The number of nitrogens with zero attached hydrogens (tertiary/aromatic N) is 1. The molecule has 0 unspecified atom stereocenters. The molecule has 0 bridgehead atoms. The molecule has 0 aliphatic rings. The van der Waals surface area contributed by atoms with Gasteiger partial charge in [0.15, 0.2) is 17.5 Å². The van der Waals surface area contributed by atoms with Crippen LogP contribution in [0.2, 0.25) is 0 Å². The molecule has 0 atom stereocenters. The van der Waals surface area contributed by atoms with Gasteiger partial charge in [0, 0.05) is 42.4 Å². The molecular formula is C21H27IN4O2. The first kappa shape index (κ1) is 21.9. The second-order valence-corrected chi connectivity index (χ2v) is 6.26. The van der Waals surface area contributed by atoms with E-state index in [4.69, 9.17) is 9.47 Å². The van der Waals surface area contributed by atoms with E-state index in [0.717, 1.165) is 18.7 Å².